The fraction of sp³-hybridized carbons (Fsp3) is 0.176. The average Bonchev–Trinajstić information content (AvgIpc) is 3.50. The molecule has 43 heavy (non-hydrogen) atoms. The Morgan fingerprint density at radius 3 is 2.19 bits per heavy atom. The van der Waals surface area contributed by atoms with E-state index in [1.54, 1.807) is 43.2 Å². The van der Waals surface area contributed by atoms with E-state index in [1.807, 2.05) is 55.5 Å². The number of ether oxygens (including phenoxy) is 1. The number of hydrogen-bond donors (Lipinski definition) is 1. The van der Waals surface area contributed by atoms with Gasteiger partial charge in [-0.05, 0) is 67.9 Å². The third-order valence-electron chi connectivity index (χ3n) is 8.78. The molecule has 3 heterocycles. The topological polar surface area (TPSA) is 99.8 Å². The minimum Gasteiger partial charge on any atom is -0.496 e. The van der Waals surface area contributed by atoms with E-state index in [2.05, 4.69) is 4.98 Å². The number of aromatic amines is 1. The largest absolute Gasteiger partial charge is 0.496 e. The van der Waals surface area contributed by atoms with Crippen LogP contribution in [-0.2, 0) is 20.2 Å². The van der Waals surface area contributed by atoms with Gasteiger partial charge in [-0.15, -0.1) is 0 Å². The standard InChI is InChI=1S/C34H29N3O5S/c1-21-12-16-23(17-13-21)43(40,41)24-18-14-22(15-19-24)37-32(38)34(2)31-30(26-9-4-6-10-28(26)35-31)27(20-36(34)33(37)39)25-8-5-7-11-29(25)42-3/h4-19,27,35H,20H2,1-3H3. The van der Waals surface area contributed by atoms with Crippen LogP contribution in [0.1, 0.15) is 35.2 Å². The van der Waals surface area contributed by atoms with Gasteiger partial charge in [0.05, 0.1) is 28.3 Å². The van der Waals surface area contributed by atoms with E-state index in [4.69, 9.17) is 4.74 Å². The first-order valence-corrected chi connectivity index (χ1v) is 15.5. The van der Waals surface area contributed by atoms with Crippen molar-refractivity contribution in [1.82, 2.24) is 9.88 Å². The molecule has 216 valence electrons. The normalized spacial score (nSPS) is 19.9. The van der Waals surface area contributed by atoms with Crippen LogP contribution >= 0.6 is 0 Å². The van der Waals surface area contributed by atoms with Crippen molar-refractivity contribution in [1.29, 1.82) is 0 Å². The summed E-state index contributed by atoms with van der Waals surface area (Å²) >= 11 is 0. The van der Waals surface area contributed by atoms with Crippen LogP contribution in [0.4, 0.5) is 10.5 Å². The maximum atomic E-state index is 14.3. The molecule has 1 saturated heterocycles. The van der Waals surface area contributed by atoms with Crippen molar-refractivity contribution in [2.75, 3.05) is 18.6 Å². The van der Waals surface area contributed by atoms with E-state index in [-0.39, 0.29) is 22.3 Å². The predicted molar refractivity (Wildman–Crippen MR) is 163 cm³/mol. The van der Waals surface area contributed by atoms with Crippen LogP contribution in [0.5, 0.6) is 5.75 Å². The van der Waals surface area contributed by atoms with Crippen LogP contribution in [0.2, 0.25) is 0 Å². The van der Waals surface area contributed by atoms with E-state index < -0.39 is 27.3 Å². The highest BCUT2D eigenvalue weighted by Crippen LogP contribution is 2.51. The summed E-state index contributed by atoms with van der Waals surface area (Å²) in [5.74, 6) is 0.0413. The molecule has 0 spiro atoms. The number of anilines is 1. The number of H-pyrrole nitrogens is 1. The molecule has 4 aromatic carbocycles. The molecule has 9 heteroatoms. The Labute approximate surface area is 249 Å². The van der Waals surface area contributed by atoms with Gasteiger partial charge < -0.3 is 14.6 Å². The molecule has 2 atom stereocenters. The number of hydrogen-bond acceptors (Lipinski definition) is 5. The van der Waals surface area contributed by atoms with Gasteiger partial charge in [0, 0.05) is 28.9 Å². The summed E-state index contributed by atoms with van der Waals surface area (Å²) in [6, 6.07) is 27.7. The molecular weight excluding hydrogens is 562 g/mol. The third-order valence-corrected chi connectivity index (χ3v) is 10.6. The lowest BCUT2D eigenvalue weighted by Gasteiger charge is -2.40. The third kappa shape index (κ3) is 3.84. The summed E-state index contributed by atoms with van der Waals surface area (Å²) < 4.78 is 32.2. The number of amides is 3. The van der Waals surface area contributed by atoms with Crippen LogP contribution in [0.15, 0.2) is 107 Å². The molecule has 2 unspecified atom stereocenters. The summed E-state index contributed by atoms with van der Waals surface area (Å²) in [5, 5.41) is 0.985. The van der Waals surface area contributed by atoms with E-state index in [0.29, 0.717) is 17.1 Å². The van der Waals surface area contributed by atoms with Crippen molar-refractivity contribution in [2.45, 2.75) is 35.1 Å². The van der Waals surface area contributed by atoms with E-state index >= 15 is 0 Å². The second-order valence-corrected chi connectivity index (χ2v) is 13.1. The van der Waals surface area contributed by atoms with Gasteiger partial charge in [0.25, 0.3) is 5.91 Å². The highest BCUT2D eigenvalue weighted by molar-refractivity contribution is 7.91. The van der Waals surface area contributed by atoms with Crippen molar-refractivity contribution in [3.8, 4) is 5.75 Å². The van der Waals surface area contributed by atoms with Gasteiger partial charge in [-0.25, -0.2) is 18.1 Å². The molecule has 0 bridgehead atoms. The van der Waals surface area contributed by atoms with Gasteiger partial charge in [0.15, 0.2) is 5.54 Å². The Kier molecular flexibility index (Phi) is 6.00. The van der Waals surface area contributed by atoms with E-state index in [1.165, 1.54) is 24.3 Å². The molecule has 1 fully saturated rings. The van der Waals surface area contributed by atoms with Crippen LogP contribution < -0.4 is 9.64 Å². The highest BCUT2D eigenvalue weighted by atomic mass is 32.2. The van der Waals surface area contributed by atoms with Gasteiger partial charge in [0.1, 0.15) is 5.75 Å². The van der Waals surface area contributed by atoms with Crippen LogP contribution in [0.3, 0.4) is 0 Å². The van der Waals surface area contributed by atoms with E-state index in [0.717, 1.165) is 32.5 Å². The summed E-state index contributed by atoms with van der Waals surface area (Å²) in [6.07, 6.45) is 0. The molecule has 2 aliphatic heterocycles. The molecule has 0 aliphatic carbocycles. The van der Waals surface area contributed by atoms with Crippen molar-refractivity contribution in [2.24, 2.45) is 0 Å². The molecule has 7 rings (SSSR count). The number of imide groups is 1. The first-order chi connectivity index (χ1) is 20.7. The number of methoxy groups -OCH3 is 1. The monoisotopic (exact) mass is 591 g/mol. The predicted octanol–water partition coefficient (Wildman–Crippen LogP) is 6.15. The number of sulfone groups is 1. The Morgan fingerprint density at radius 2 is 1.49 bits per heavy atom. The molecule has 5 aromatic rings. The molecule has 2 aliphatic rings. The molecular formula is C34H29N3O5S. The Morgan fingerprint density at radius 1 is 0.860 bits per heavy atom. The number of rotatable bonds is 5. The number of carbonyl (C=O) groups is 2. The van der Waals surface area contributed by atoms with Gasteiger partial charge in [0.2, 0.25) is 9.84 Å². The number of fused-ring (bicyclic) bond motifs is 5. The fourth-order valence-corrected chi connectivity index (χ4v) is 7.74. The molecule has 3 amide bonds. The van der Waals surface area contributed by atoms with E-state index in [9.17, 15) is 18.0 Å². The average molecular weight is 592 g/mol. The zero-order chi connectivity index (χ0) is 30.1. The number of para-hydroxylation sites is 2. The smallest absolute Gasteiger partial charge is 0.332 e. The van der Waals surface area contributed by atoms with Crippen LogP contribution in [-0.4, -0.2) is 43.9 Å². The second kappa shape index (κ2) is 9.57. The summed E-state index contributed by atoms with van der Waals surface area (Å²) in [5.41, 5.74) is 3.38. The quantitative estimate of drug-likeness (QED) is 0.247. The number of nitrogens with one attached hydrogen (secondary N) is 1. The minimum atomic E-state index is -3.77. The van der Waals surface area contributed by atoms with Crippen LogP contribution in [0, 0.1) is 6.92 Å². The number of carbonyl (C=O) groups excluding carboxylic acids is 2. The number of urea groups is 1. The number of aryl methyl sites for hydroxylation is 1. The number of nitrogens with zero attached hydrogens (tertiary/aromatic N) is 2. The van der Waals surface area contributed by atoms with Crippen molar-refractivity contribution >= 4 is 38.4 Å². The molecule has 8 nitrogen and oxygen atoms in total. The van der Waals surface area contributed by atoms with Gasteiger partial charge >= 0.3 is 6.03 Å². The fourth-order valence-electron chi connectivity index (χ4n) is 6.48. The summed E-state index contributed by atoms with van der Waals surface area (Å²) in [4.78, 5) is 34.9. The lowest BCUT2D eigenvalue weighted by atomic mass is 9.78. The molecule has 1 N–H and O–H groups in total. The first kappa shape index (κ1) is 27.0. The van der Waals surface area contributed by atoms with Gasteiger partial charge in [-0.1, -0.05) is 54.1 Å². The maximum absolute atomic E-state index is 14.3. The number of benzene rings is 4. The first-order valence-electron chi connectivity index (χ1n) is 14.0. The summed E-state index contributed by atoms with van der Waals surface area (Å²) in [6.45, 7) is 3.92. The van der Waals surface area contributed by atoms with Crippen LogP contribution in [0.25, 0.3) is 10.9 Å². The SMILES string of the molecule is COc1ccccc1C1CN2C(=O)N(c3ccc(S(=O)(=O)c4ccc(C)cc4)cc3)C(=O)C2(C)c2[nH]c3ccccc3c21. The van der Waals surface area contributed by atoms with Crippen molar-refractivity contribution < 1.29 is 22.7 Å². The maximum Gasteiger partial charge on any atom is 0.332 e. The van der Waals surface area contributed by atoms with Crippen molar-refractivity contribution in [3.05, 3.63) is 119 Å². The lowest BCUT2D eigenvalue weighted by molar-refractivity contribution is -0.125. The Hall–Kier alpha value is -4.89. The highest BCUT2D eigenvalue weighted by Gasteiger charge is 2.60. The number of aromatic nitrogens is 1. The lowest BCUT2D eigenvalue weighted by Crippen LogP contribution is -2.50. The molecule has 0 radical (unpaired) electrons. The molecule has 0 saturated carbocycles. The zero-order valence-electron chi connectivity index (χ0n) is 23.9. The van der Waals surface area contributed by atoms with Crippen molar-refractivity contribution in [3.63, 3.8) is 0 Å². The Bertz CT molecular complexity index is 2030. The second-order valence-electron chi connectivity index (χ2n) is 11.2. The summed E-state index contributed by atoms with van der Waals surface area (Å²) in [7, 11) is -2.15. The minimum absolute atomic E-state index is 0.0808. The Balaban J connectivity index is 1.32. The zero-order valence-corrected chi connectivity index (χ0v) is 24.7. The molecule has 1 aromatic heterocycles. The van der Waals surface area contributed by atoms with Gasteiger partial charge in [-0.3, -0.25) is 4.79 Å². The van der Waals surface area contributed by atoms with Gasteiger partial charge in [-0.2, -0.15) is 0 Å².